The summed E-state index contributed by atoms with van der Waals surface area (Å²) in [5, 5.41) is 21.6. The standard InChI is InChI=1S/C16H23NO5/c1-4-10(2)22-13-9-8-12(6-5-7-14(19)20)16(21)15(13)17-11(3)18/h8-10,21H,4-7H2,1-3H3,(H,17,18)(H,19,20). The summed E-state index contributed by atoms with van der Waals surface area (Å²) in [6.07, 6.45) is 1.59. The average Bonchev–Trinajstić information content (AvgIpc) is 2.44. The number of nitrogens with one attached hydrogen (secondary N) is 1. The van der Waals surface area contributed by atoms with Crippen LogP contribution < -0.4 is 10.1 Å². The van der Waals surface area contributed by atoms with Crippen molar-refractivity contribution >= 4 is 17.6 Å². The van der Waals surface area contributed by atoms with Crippen molar-refractivity contribution in [3.05, 3.63) is 17.7 Å². The zero-order chi connectivity index (χ0) is 16.7. The van der Waals surface area contributed by atoms with Gasteiger partial charge in [-0.2, -0.15) is 0 Å². The first kappa shape index (κ1) is 17.8. The fourth-order valence-electron chi connectivity index (χ4n) is 1.94. The van der Waals surface area contributed by atoms with Gasteiger partial charge in [-0.15, -0.1) is 0 Å². The van der Waals surface area contributed by atoms with Crippen LogP contribution in [0.2, 0.25) is 0 Å². The molecule has 22 heavy (non-hydrogen) atoms. The Morgan fingerprint density at radius 1 is 1.36 bits per heavy atom. The second-order valence-corrected chi connectivity index (χ2v) is 5.21. The van der Waals surface area contributed by atoms with Crippen LogP contribution in [0.3, 0.4) is 0 Å². The van der Waals surface area contributed by atoms with Crippen LogP contribution in [-0.2, 0) is 16.0 Å². The molecular formula is C16H23NO5. The summed E-state index contributed by atoms with van der Waals surface area (Å²) in [7, 11) is 0. The Morgan fingerprint density at radius 2 is 2.05 bits per heavy atom. The van der Waals surface area contributed by atoms with Crippen molar-refractivity contribution in [1.29, 1.82) is 0 Å². The first-order valence-corrected chi connectivity index (χ1v) is 7.36. The van der Waals surface area contributed by atoms with Gasteiger partial charge >= 0.3 is 5.97 Å². The highest BCUT2D eigenvalue weighted by atomic mass is 16.5. The number of anilines is 1. The van der Waals surface area contributed by atoms with E-state index in [0.29, 0.717) is 24.2 Å². The Labute approximate surface area is 130 Å². The van der Waals surface area contributed by atoms with Crippen LogP contribution in [-0.4, -0.2) is 28.2 Å². The van der Waals surface area contributed by atoms with Crippen LogP contribution in [0, 0.1) is 0 Å². The van der Waals surface area contributed by atoms with E-state index in [1.165, 1.54) is 6.92 Å². The second-order valence-electron chi connectivity index (χ2n) is 5.21. The number of aliphatic carboxylic acids is 1. The van der Waals surface area contributed by atoms with E-state index in [1.54, 1.807) is 12.1 Å². The van der Waals surface area contributed by atoms with Gasteiger partial charge in [-0.1, -0.05) is 13.0 Å². The lowest BCUT2D eigenvalue weighted by Crippen LogP contribution is -2.14. The number of phenolic OH excluding ortho intramolecular Hbond substituents is 1. The maximum Gasteiger partial charge on any atom is 0.303 e. The molecule has 1 unspecified atom stereocenters. The van der Waals surface area contributed by atoms with Crippen LogP contribution >= 0.6 is 0 Å². The van der Waals surface area contributed by atoms with Crippen molar-refractivity contribution in [2.45, 2.75) is 52.6 Å². The molecule has 0 aliphatic rings. The summed E-state index contributed by atoms with van der Waals surface area (Å²) in [5.41, 5.74) is 0.821. The predicted molar refractivity (Wildman–Crippen MR) is 83.4 cm³/mol. The molecule has 6 nitrogen and oxygen atoms in total. The summed E-state index contributed by atoms with van der Waals surface area (Å²) in [5.74, 6) is -0.851. The number of aromatic hydroxyl groups is 1. The molecule has 0 bridgehead atoms. The van der Waals surface area contributed by atoms with Crippen LogP contribution in [0.4, 0.5) is 5.69 Å². The van der Waals surface area contributed by atoms with Crippen molar-refractivity contribution in [3.63, 3.8) is 0 Å². The summed E-state index contributed by atoms with van der Waals surface area (Å²) in [6.45, 7) is 5.22. The third-order valence-corrected chi connectivity index (χ3v) is 3.26. The molecule has 1 atom stereocenters. The van der Waals surface area contributed by atoms with E-state index in [9.17, 15) is 14.7 Å². The SMILES string of the molecule is CCC(C)Oc1ccc(CCCC(=O)O)c(O)c1NC(C)=O. The molecule has 1 aromatic rings. The molecule has 3 N–H and O–H groups in total. The summed E-state index contributed by atoms with van der Waals surface area (Å²) in [6, 6.07) is 3.38. The molecule has 0 fully saturated rings. The number of phenols is 1. The van der Waals surface area contributed by atoms with E-state index in [4.69, 9.17) is 9.84 Å². The minimum absolute atomic E-state index is 0.0278. The lowest BCUT2D eigenvalue weighted by Gasteiger charge is -2.19. The lowest BCUT2D eigenvalue weighted by molar-refractivity contribution is -0.137. The minimum atomic E-state index is -0.877. The molecule has 0 heterocycles. The average molecular weight is 309 g/mol. The van der Waals surface area contributed by atoms with Crippen LogP contribution in [0.25, 0.3) is 0 Å². The second kappa shape index (κ2) is 8.26. The molecule has 1 rings (SSSR count). The summed E-state index contributed by atoms with van der Waals surface area (Å²) < 4.78 is 5.71. The normalized spacial score (nSPS) is 11.8. The molecule has 0 aliphatic carbocycles. The third kappa shape index (κ3) is 5.27. The number of aryl methyl sites for hydroxylation is 1. The molecular weight excluding hydrogens is 286 g/mol. The van der Waals surface area contributed by atoms with Gasteiger partial charge in [0, 0.05) is 13.3 Å². The molecule has 1 aromatic carbocycles. The fourth-order valence-corrected chi connectivity index (χ4v) is 1.94. The van der Waals surface area contributed by atoms with Gasteiger partial charge in [0.25, 0.3) is 0 Å². The molecule has 0 spiro atoms. The third-order valence-electron chi connectivity index (χ3n) is 3.26. The van der Waals surface area contributed by atoms with Crippen molar-refractivity contribution < 1.29 is 24.5 Å². The maximum absolute atomic E-state index is 11.3. The van der Waals surface area contributed by atoms with Gasteiger partial charge in [0.1, 0.15) is 17.2 Å². The molecule has 0 saturated carbocycles. The number of carbonyl (C=O) groups is 2. The highest BCUT2D eigenvalue weighted by molar-refractivity contribution is 5.92. The van der Waals surface area contributed by atoms with Crippen LogP contribution in [0.15, 0.2) is 12.1 Å². The summed E-state index contributed by atoms with van der Waals surface area (Å²) >= 11 is 0. The zero-order valence-corrected chi connectivity index (χ0v) is 13.2. The van der Waals surface area contributed by atoms with Gasteiger partial charge < -0.3 is 20.3 Å². The first-order chi connectivity index (χ1) is 10.3. The molecule has 0 aromatic heterocycles. The van der Waals surface area contributed by atoms with E-state index in [2.05, 4.69) is 5.32 Å². The van der Waals surface area contributed by atoms with Gasteiger partial charge in [0.15, 0.2) is 0 Å². The quantitative estimate of drug-likeness (QED) is 0.642. The monoisotopic (exact) mass is 309 g/mol. The summed E-state index contributed by atoms with van der Waals surface area (Å²) in [4.78, 5) is 21.9. The largest absolute Gasteiger partial charge is 0.505 e. The van der Waals surface area contributed by atoms with Crippen molar-refractivity contribution in [2.75, 3.05) is 5.32 Å². The predicted octanol–water partition coefficient (Wildman–Crippen LogP) is 2.94. The Hall–Kier alpha value is -2.24. The highest BCUT2D eigenvalue weighted by Crippen LogP contribution is 2.38. The van der Waals surface area contributed by atoms with Crippen molar-refractivity contribution in [1.82, 2.24) is 0 Å². The molecule has 0 saturated heterocycles. The number of hydrogen-bond donors (Lipinski definition) is 3. The number of amides is 1. The van der Waals surface area contributed by atoms with Gasteiger partial charge in [-0.25, -0.2) is 0 Å². The number of carboxylic acid groups (broad SMARTS) is 1. The highest BCUT2D eigenvalue weighted by Gasteiger charge is 2.16. The van der Waals surface area contributed by atoms with E-state index in [0.717, 1.165) is 6.42 Å². The number of rotatable bonds is 8. The smallest absolute Gasteiger partial charge is 0.303 e. The molecule has 0 aliphatic heterocycles. The lowest BCUT2D eigenvalue weighted by atomic mass is 10.1. The van der Waals surface area contributed by atoms with Crippen molar-refractivity contribution in [2.24, 2.45) is 0 Å². The van der Waals surface area contributed by atoms with Gasteiger partial charge in [-0.05, 0) is 37.8 Å². The Balaban J connectivity index is 3.02. The molecule has 122 valence electrons. The zero-order valence-electron chi connectivity index (χ0n) is 13.2. The van der Waals surface area contributed by atoms with Gasteiger partial charge in [-0.3, -0.25) is 9.59 Å². The number of ether oxygens (including phenoxy) is 1. The Morgan fingerprint density at radius 3 is 2.59 bits per heavy atom. The Kier molecular flexibility index (Phi) is 6.69. The van der Waals surface area contributed by atoms with E-state index in [-0.39, 0.29) is 29.9 Å². The number of hydrogen-bond acceptors (Lipinski definition) is 4. The Bertz CT molecular complexity index is 542. The van der Waals surface area contributed by atoms with Crippen LogP contribution in [0.1, 0.15) is 45.6 Å². The molecule has 6 heteroatoms. The van der Waals surface area contributed by atoms with Gasteiger partial charge in [0.2, 0.25) is 5.91 Å². The maximum atomic E-state index is 11.3. The first-order valence-electron chi connectivity index (χ1n) is 7.36. The fraction of sp³-hybridized carbons (Fsp3) is 0.500. The topological polar surface area (TPSA) is 95.9 Å². The number of carbonyl (C=O) groups excluding carboxylic acids is 1. The van der Waals surface area contributed by atoms with E-state index in [1.807, 2.05) is 13.8 Å². The van der Waals surface area contributed by atoms with Gasteiger partial charge in [0.05, 0.1) is 6.10 Å². The van der Waals surface area contributed by atoms with E-state index >= 15 is 0 Å². The number of benzene rings is 1. The molecule has 1 amide bonds. The minimum Gasteiger partial charge on any atom is -0.505 e. The number of carboxylic acids is 1. The van der Waals surface area contributed by atoms with Crippen LogP contribution in [0.5, 0.6) is 11.5 Å². The van der Waals surface area contributed by atoms with Crippen molar-refractivity contribution in [3.8, 4) is 11.5 Å². The van der Waals surface area contributed by atoms with E-state index < -0.39 is 5.97 Å². The molecule has 0 radical (unpaired) electrons.